The second kappa shape index (κ2) is 8.70. The third-order valence-electron chi connectivity index (χ3n) is 5.15. The van der Waals surface area contributed by atoms with Crippen molar-refractivity contribution in [3.05, 3.63) is 75.2 Å². The van der Waals surface area contributed by atoms with Crippen LogP contribution in [0, 0.1) is 13.8 Å². The zero-order chi connectivity index (χ0) is 23.0. The molecule has 0 aliphatic carbocycles. The van der Waals surface area contributed by atoms with Crippen LogP contribution in [0.15, 0.2) is 58.5 Å². The predicted molar refractivity (Wildman–Crippen MR) is 120 cm³/mol. The van der Waals surface area contributed by atoms with Crippen molar-refractivity contribution in [2.24, 2.45) is 0 Å². The summed E-state index contributed by atoms with van der Waals surface area (Å²) in [5.74, 6) is -0.0595. The number of fused-ring (bicyclic) bond motifs is 1. The molecule has 0 saturated carbocycles. The summed E-state index contributed by atoms with van der Waals surface area (Å²) < 4.78 is 33.1. The number of carbonyl (C=O) groups excluding carboxylic acids is 1. The predicted octanol–water partition coefficient (Wildman–Crippen LogP) is 5.19. The third-order valence-corrected chi connectivity index (χ3v) is 5.64. The minimum Gasteiger partial charge on any atom is -0.434 e. The molecule has 1 aliphatic rings. The van der Waals surface area contributed by atoms with Gasteiger partial charge in [0.25, 0.3) is 5.91 Å². The first-order valence-electron chi connectivity index (χ1n) is 9.74. The van der Waals surface area contributed by atoms with E-state index in [1.54, 1.807) is 19.1 Å². The Hall–Kier alpha value is -3.27. The van der Waals surface area contributed by atoms with E-state index < -0.39 is 18.6 Å². The van der Waals surface area contributed by atoms with Crippen molar-refractivity contribution < 1.29 is 18.3 Å². The lowest BCUT2D eigenvalue weighted by Gasteiger charge is -2.30. The first kappa shape index (κ1) is 21.9. The number of hydrogen-bond donors (Lipinski definition) is 2. The first-order chi connectivity index (χ1) is 15.2. The molecule has 1 unspecified atom stereocenters. The van der Waals surface area contributed by atoms with Gasteiger partial charge in [0.2, 0.25) is 5.95 Å². The van der Waals surface area contributed by atoms with Crippen molar-refractivity contribution in [3.8, 4) is 5.75 Å². The topological polar surface area (TPSA) is 81.1 Å². The lowest BCUT2D eigenvalue weighted by atomic mass is 9.94. The second-order valence-electron chi connectivity index (χ2n) is 7.43. The van der Waals surface area contributed by atoms with Gasteiger partial charge in [0.1, 0.15) is 18.1 Å². The Balaban J connectivity index is 1.82. The Bertz CT molecular complexity index is 1220. The normalized spacial score (nSPS) is 15.4. The van der Waals surface area contributed by atoms with E-state index >= 15 is 0 Å². The van der Waals surface area contributed by atoms with E-state index in [1.807, 2.05) is 32.0 Å². The molecule has 2 aromatic carbocycles. The van der Waals surface area contributed by atoms with Gasteiger partial charge in [0.15, 0.2) is 0 Å². The minimum atomic E-state index is -3.02. The molecule has 4 rings (SSSR count). The van der Waals surface area contributed by atoms with Crippen LogP contribution in [0.2, 0.25) is 0 Å². The maximum atomic E-state index is 13.5. The van der Waals surface area contributed by atoms with Crippen LogP contribution in [0.1, 0.15) is 29.7 Å². The van der Waals surface area contributed by atoms with Crippen molar-refractivity contribution in [1.29, 1.82) is 0 Å². The van der Waals surface area contributed by atoms with E-state index in [2.05, 4.69) is 36.6 Å². The zero-order valence-electron chi connectivity index (χ0n) is 17.5. The number of aromatic nitrogens is 3. The molecule has 3 aromatic rings. The molecular weight excluding hydrogens is 484 g/mol. The van der Waals surface area contributed by atoms with Crippen molar-refractivity contribution >= 4 is 33.5 Å². The largest absolute Gasteiger partial charge is 0.434 e. The summed E-state index contributed by atoms with van der Waals surface area (Å²) in [6, 6.07) is 9.51. The monoisotopic (exact) mass is 503 g/mol. The van der Waals surface area contributed by atoms with Gasteiger partial charge >= 0.3 is 6.61 Å². The zero-order valence-corrected chi connectivity index (χ0v) is 19.1. The lowest BCUT2D eigenvalue weighted by Crippen LogP contribution is -2.32. The van der Waals surface area contributed by atoms with Gasteiger partial charge < -0.3 is 15.4 Å². The van der Waals surface area contributed by atoms with Crippen LogP contribution in [0.4, 0.5) is 20.4 Å². The summed E-state index contributed by atoms with van der Waals surface area (Å²) in [7, 11) is 0. The fraction of sp³-hybridized carbons (Fsp3) is 0.227. The van der Waals surface area contributed by atoms with Crippen LogP contribution in [0.25, 0.3) is 0 Å². The van der Waals surface area contributed by atoms with Gasteiger partial charge in [-0.3, -0.25) is 4.79 Å². The van der Waals surface area contributed by atoms with E-state index in [-0.39, 0.29) is 5.75 Å². The molecule has 0 spiro atoms. The number of anilines is 2. The number of alkyl halides is 2. The second-order valence-corrected chi connectivity index (χ2v) is 8.34. The molecule has 32 heavy (non-hydrogen) atoms. The van der Waals surface area contributed by atoms with Crippen LogP contribution in [-0.4, -0.2) is 27.3 Å². The smallest absolute Gasteiger partial charge is 0.387 e. The molecule has 7 nitrogen and oxygen atoms in total. The molecule has 10 heteroatoms. The molecular formula is C22H20BrF2N5O2. The summed E-state index contributed by atoms with van der Waals surface area (Å²) in [6.07, 6.45) is 1.33. The van der Waals surface area contributed by atoms with Gasteiger partial charge in [0.05, 0.1) is 5.57 Å². The lowest BCUT2D eigenvalue weighted by molar-refractivity contribution is -0.113. The molecule has 0 fully saturated rings. The van der Waals surface area contributed by atoms with E-state index in [0.29, 0.717) is 32.9 Å². The number of hydrogen-bond acceptors (Lipinski definition) is 5. The summed E-state index contributed by atoms with van der Waals surface area (Å²) in [4.78, 5) is 17.6. The molecule has 1 aliphatic heterocycles. The van der Waals surface area contributed by atoms with Crippen LogP contribution in [0.5, 0.6) is 5.75 Å². The van der Waals surface area contributed by atoms with Crippen molar-refractivity contribution in [2.75, 3.05) is 10.6 Å². The molecule has 166 valence electrons. The average Bonchev–Trinajstić information content (AvgIpc) is 3.18. The van der Waals surface area contributed by atoms with Crippen LogP contribution < -0.4 is 15.4 Å². The minimum absolute atomic E-state index is 0.0545. The Morgan fingerprint density at radius 2 is 2.00 bits per heavy atom. The summed E-state index contributed by atoms with van der Waals surface area (Å²) in [6.45, 7) is 2.58. The first-order valence-corrected chi connectivity index (χ1v) is 10.5. The summed E-state index contributed by atoms with van der Waals surface area (Å²) in [5.41, 5.74) is 3.81. The van der Waals surface area contributed by atoms with Gasteiger partial charge in [-0.2, -0.15) is 18.9 Å². The number of nitrogens with one attached hydrogen (secondary N) is 2. The molecule has 2 heterocycles. The number of halogens is 3. The van der Waals surface area contributed by atoms with Gasteiger partial charge in [-0.05, 0) is 50.6 Å². The van der Waals surface area contributed by atoms with E-state index in [4.69, 9.17) is 4.74 Å². The number of allylic oxidation sites excluding steroid dienone is 1. The SMILES string of the molecule is CC1=C(C(=O)Nc2ccc(C)cc2C)C(c2cc(Br)ccc2OC(F)F)n2ncnc2N1. The number of rotatable bonds is 5. The number of carbonyl (C=O) groups is 1. The molecule has 1 amide bonds. The van der Waals surface area contributed by atoms with Gasteiger partial charge in [-0.1, -0.05) is 33.6 Å². The van der Waals surface area contributed by atoms with Crippen molar-refractivity contribution in [3.63, 3.8) is 0 Å². The summed E-state index contributed by atoms with van der Waals surface area (Å²) in [5, 5.41) is 10.2. The fourth-order valence-corrected chi connectivity index (χ4v) is 4.13. The van der Waals surface area contributed by atoms with E-state index in [0.717, 1.165) is 11.1 Å². The number of amides is 1. The maximum absolute atomic E-state index is 13.5. The molecule has 1 atom stereocenters. The Kier molecular flexibility index (Phi) is 5.96. The highest BCUT2D eigenvalue weighted by Crippen LogP contribution is 2.40. The highest BCUT2D eigenvalue weighted by molar-refractivity contribution is 9.10. The standard InChI is InChI=1S/C22H20BrF2N5O2/c1-11-4-6-16(12(2)8-11)29-20(31)18-13(3)28-22-26-10-27-30(22)19(18)15-9-14(23)5-7-17(15)32-21(24)25/h4-10,19,21H,1-3H3,(H,29,31)(H,26,27,28). The fourth-order valence-electron chi connectivity index (χ4n) is 3.75. The van der Waals surface area contributed by atoms with Gasteiger partial charge in [-0.25, -0.2) is 4.68 Å². The number of benzene rings is 2. The van der Waals surface area contributed by atoms with Gasteiger partial charge in [0, 0.05) is 21.4 Å². The highest BCUT2D eigenvalue weighted by Gasteiger charge is 2.36. The van der Waals surface area contributed by atoms with Crippen molar-refractivity contribution in [1.82, 2.24) is 14.8 Å². The average molecular weight is 504 g/mol. The highest BCUT2D eigenvalue weighted by atomic mass is 79.9. The third kappa shape index (κ3) is 4.22. The van der Waals surface area contributed by atoms with Gasteiger partial charge in [-0.15, -0.1) is 0 Å². The Morgan fingerprint density at radius 1 is 1.22 bits per heavy atom. The molecule has 0 saturated heterocycles. The molecule has 0 bridgehead atoms. The number of ether oxygens (including phenoxy) is 1. The Morgan fingerprint density at radius 3 is 2.72 bits per heavy atom. The molecule has 1 aromatic heterocycles. The van der Waals surface area contributed by atoms with Crippen molar-refractivity contribution in [2.45, 2.75) is 33.4 Å². The molecule has 0 radical (unpaired) electrons. The quantitative estimate of drug-likeness (QED) is 0.500. The van der Waals surface area contributed by atoms with Crippen LogP contribution in [-0.2, 0) is 4.79 Å². The summed E-state index contributed by atoms with van der Waals surface area (Å²) >= 11 is 3.38. The number of aryl methyl sites for hydroxylation is 2. The Labute approximate surface area is 191 Å². The van der Waals surface area contributed by atoms with E-state index in [1.165, 1.54) is 17.1 Å². The van der Waals surface area contributed by atoms with Crippen LogP contribution >= 0.6 is 15.9 Å². The number of nitrogens with zero attached hydrogens (tertiary/aromatic N) is 3. The van der Waals surface area contributed by atoms with Crippen LogP contribution in [0.3, 0.4) is 0 Å². The maximum Gasteiger partial charge on any atom is 0.387 e. The van der Waals surface area contributed by atoms with E-state index in [9.17, 15) is 13.6 Å². The molecule has 2 N–H and O–H groups in total.